The molecule has 3 saturated heterocycles. The van der Waals surface area contributed by atoms with Crippen LogP contribution in [-0.2, 0) is 35.2 Å². The Morgan fingerprint density at radius 1 is 1.15 bits per heavy atom. The molecule has 1 spiro atoms. The normalized spacial score (nSPS) is 26.8. The first-order valence-electron chi connectivity index (χ1n) is 16.5. The maximum Gasteiger partial charge on any atom is 0.313 e. The highest BCUT2D eigenvalue weighted by Gasteiger charge is 2.77. The summed E-state index contributed by atoms with van der Waals surface area (Å²) in [5.74, 6) is -3.47. The van der Waals surface area contributed by atoms with Crippen molar-refractivity contribution in [2.75, 3.05) is 19.7 Å². The van der Waals surface area contributed by atoms with E-state index in [1.54, 1.807) is 24.0 Å². The van der Waals surface area contributed by atoms with Crippen molar-refractivity contribution in [3.8, 4) is 0 Å². The molecule has 3 aliphatic rings. The number of esters is 1. The van der Waals surface area contributed by atoms with Gasteiger partial charge in [0.1, 0.15) is 17.7 Å². The lowest BCUT2D eigenvalue weighted by Crippen LogP contribution is -2.56. The van der Waals surface area contributed by atoms with E-state index >= 15 is 0 Å². The van der Waals surface area contributed by atoms with E-state index in [-0.39, 0.29) is 55.1 Å². The summed E-state index contributed by atoms with van der Waals surface area (Å²) < 4.78 is 12.9. The second-order valence-corrected chi connectivity index (χ2v) is 13.9. The lowest BCUT2D eigenvalue weighted by molar-refractivity contribution is -0.162. The van der Waals surface area contributed by atoms with Gasteiger partial charge in [-0.2, -0.15) is 0 Å². The van der Waals surface area contributed by atoms with Crippen LogP contribution in [0.2, 0.25) is 0 Å². The number of allylic oxidation sites excluding steroid dienone is 1. The van der Waals surface area contributed by atoms with Gasteiger partial charge >= 0.3 is 5.97 Å². The first kappa shape index (κ1) is 35.5. The summed E-state index contributed by atoms with van der Waals surface area (Å²) >= 11 is 3.71. The Morgan fingerprint density at radius 2 is 1.83 bits per heavy atom. The number of fused-ring (bicyclic) bond motifs is 1. The zero-order chi connectivity index (χ0) is 34.4. The van der Waals surface area contributed by atoms with E-state index in [1.165, 1.54) is 4.90 Å². The van der Waals surface area contributed by atoms with Crippen LogP contribution in [0.25, 0.3) is 0 Å². The Bertz CT molecular complexity index is 1490. The molecule has 0 aliphatic carbocycles. The molecule has 3 heterocycles. The molecule has 2 aromatic rings. The Kier molecular flexibility index (Phi) is 11.5. The monoisotopic (exact) mass is 721 g/mol. The topological polar surface area (TPSA) is 125 Å². The van der Waals surface area contributed by atoms with E-state index < -0.39 is 47.7 Å². The standard InChI is InChI=1S/C37H44BrN3O7/c1-4-6-18-28(43)39-24(3)31(26-16-11-8-12-17-26)47-36(46)29-30-34(44)41(20-13-21-42)33(37(30)22-27(38)32(29)48-37)35(45)40(19-5-2)23-25-14-9-7-10-15-25/h4-5,7-12,14-17,24,27,29-33,42H,1-2,6,13,18-23H2,3H3,(H,39,43)/t24-,27?,29-,30+,31-,32-,33-,37+/m1/s1. The minimum atomic E-state index is -1.28. The lowest BCUT2D eigenvalue weighted by atomic mass is 9.70. The number of carbonyl (C=O) groups excluding carboxylic acids is 4. The number of carbonyl (C=O) groups is 4. The number of amides is 3. The Balaban J connectivity index is 1.47. The van der Waals surface area contributed by atoms with E-state index in [1.807, 2.05) is 60.7 Å². The molecule has 0 radical (unpaired) electrons. The van der Waals surface area contributed by atoms with Crippen molar-refractivity contribution >= 4 is 39.6 Å². The molecular weight excluding hydrogens is 678 g/mol. The Morgan fingerprint density at radius 3 is 2.48 bits per heavy atom. The molecule has 1 unspecified atom stereocenters. The highest BCUT2D eigenvalue weighted by molar-refractivity contribution is 9.09. The Hall–Kier alpha value is -3.80. The fourth-order valence-electron chi connectivity index (χ4n) is 7.46. The highest BCUT2D eigenvalue weighted by atomic mass is 79.9. The summed E-state index contributed by atoms with van der Waals surface area (Å²) in [6, 6.07) is 17.1. The van der Waals surface area contributed by atoms with Gasteiger partial charge in [-0.25, -0.2) is 0 Å². The summed E-state index contributed by atoms with van der Waals surface area (Å²) in [5, 5.41) is 12.7. The molecule has 10 nitrogen and oxygen atoms in total. The molecule has 8 atom stereocenters. The van der Waals surface area contributed by atoms with Crippen molar-refractivity contribution in [2.45, 2.75) is 73.9 Å². The molecule has 0 saturated carbocycles. The van der Waals surface area contributed by atoms with E-state index in [0.29, 0.717) is 24.9 Å². The fraction of sp³-hybridized carbons (Fsp3) is 0.459. The van der Waals surface area contributed by atoms with E-state index in [9.17, 15) is 24.3 Å². The molecule has 3 aliphatic heterocycles. The van der Waals surface area contributed by atoms with Gasteiger partial charge in [0.15, 0.2) is 0 Å². The number of nitrogens with one attached hydrogen (secondary N) is 1. The Labute approximate surface area is 290 Å². The zero-order valence-electron chi connectivity index (χ0n) is 27.2. The third-order valence-corrected chi connectivity index (χ3v) is 10.4. The van der Waals surface area contributed by atoms with Crippen LogP contribution in [0.15, 0.2) is 86.0 Å². The lowest BCUT2D eigenvalue weighted by Gasteiger charge is -2.37. The van der Waals surface area contributed by atoms with Crippen molar-refractivity contribution in [2.24, 2.45) is 11.8 Å². The maximum atomic E-state index is 14.6. The van der Waals surface area contributed by atoms with Gasteiger partial charge in [0, 0.05) is 37.5 Å². The summed E-state index contributed by atoms with van der Waals surface area (Å²) in [5.41, 5.74) is 0.324. The molecule has 3 fully saturated rings. The SMILES string of the molecule is C=CCCC(=O)N[C@H](C)[C@@H](OC(=O)[C@H]1[C@@H]2O[C@@]3(CC2Br)[C@@H]1C(=O)N(CCCO)[C@@H]3C(=O)N(CC=C)Cc1ccccc1)c1ccccc1. The number of alkyl halides is 1. The van der Waals surface area contributed by atoms with Crippen molar-refractivity contribution in [3.05, 3.63) is 97.1 Å². The van der Waals surface area contributed by atoms with E-state index in [0.717, 1.165) is 5.56 Å². The van der Waals surface area contributed by atoms with Crippen LogP contribution >= 0.6 is 15.9 Å². The number of aliphatic hydroxyl groups excluding tert-OH is 1. The smallest absolute Gasteiger partial charge is 0.313 e. The third-order valence-electron chi connectivity index (χ3n) is 9.52. The molecule has 11 heteroatoms. The predicted octanol–water partition coefficient (Wildman–Crippen LogP) is 4.09. The summed E-state index contributed by atoms with van der Waals surface area (Å²) in [7, 11) is 0. The fourth-order valence-corrected chi connectivity index (χ4v) is 8.41. The van der Waals surface area contributed by atoms with Crippen LogP contribution in [-0.4, -0.2) is 86.9 Å². The van der Waals surface area contributed by atoms with Gasteiger partial charge in [0.05, 0.1) is 24.0 Å². The minimum Gasteiger partial charge on any atom is -0.455 e. The highest BCUT2D eigenvalue weighted by Crippen LogP contribution is 2.60. The van der Waals surface area contributed by atoms with Crippen molar-refractivity contribution in [3.63, 3.8) is 0 Å². The van der Waals surface area contributed by atoms with Crippen LogP contribution in [0.5, 0.6) is 0 Å². The number of aliphatic hydroxyl groups is 1. The average Bonchev–Trinajstić information content (AvgIpc) is 3.68. The number of hydrogen-bond donors (Lipinski definition) is 2. The van der Waals surface area contributed by atoms with Gasteiger partial charge in [0.2, 0.25) is 17.7 Å². The average molecular weight is 723 g/mol. The van der Waals surface area contributed by atoms with Gasteiger partial charge < -0.3 is 29.7 Å². The van der Waals surface area contributed by atoms with E-state index in [2.05, 4.69) is 34.4 Å². The first-order valence-corrected chi connectivity index (χ1v) is 17.4. The van der Waals surface area contributed by atoms with Crippen LogP contribution in [0.3, 0.4) is 0 Å². The summed E-state index contributed by atoms with van der Waals surface area (Å²) in [6.07, 6.45) is 3.12. The molecule has 256 valence electrons. The predicted molar refractivity (Wildman–Crippen MR) is 183 cm³/mol. The molecular formula is C37H44BrN3O7. The van der Waals surface area contributed by atoms with Crippen LogP contribution in [0.4, 0.5) is 0 Å². The number of benzene rings is 2. The quantitative estimate of drug-likeness (QED) is 0.152. The number of likely N-dealkylation sites (tertiary alicyclic amines) is 1. The molecule has 0 aromatic heterocycles. The van der Waals surface area contributed by atoms with Crippen molar-refractivity contribution in [1.82, 2.24) is 15.1 Å². The van der Waals surface area contributed by atoms with Crippen molar-refractivity contribution in [1.29, 1.82) is 0 Å². The van der Waals surface area contributed by atoms with Crippen LogP contribution in [0, 0.1) is 11.8 Å². The molecule has 2 aromatic carbocycles. The number of halogens is 1. The largest absolute Gasteiger partial charge is 0.455 e. The second kappa shape index (κ2) is 15.6. The number of ether oxygens (including phenoxy) is 2. The van der Waals surface area contributed by atoms with Gasteiger partial charge in [-0.1, -0.05) is 88.7 Å². The summed E-state index contributed by atoms with van der Waals surface area (Å²) in [6.45, 7) is 9.80. The van der Waals surface area contributed by atoms with Gasteiger partial charge in [0.25, 0.3) is 0 Å². The molecule has 2 bridgehead atoms. The first-order chi connectivity index (χ1) is 23.2. The molecule has 2 N–H and O–H groups in total. The van der Waals surface area contributed by atoms with Crippen LogP contribution < -0.4 is 5.32 Å². The molecule has 48 heavy (non-hydrogen) atoms. The van der Waals surface area contributed by atoms with Crippen LogP contribution in [0.1, 0.15) is 49.8 Å². The van der Waals surface area contributed by atoms with Crippen molar-refractivity contribution < 1.29 is 33.8 Å². The number of rotatable bonds is 16. The second-order valence-electron chi connectivity index (χ2n) is 12.7. The third kappa shape index (κ3) is 6.99. The molecule has 5 rings (SSSR count). The minimum absolute atomic E-state index is 0.125. The van der Waals surface area contributed by atoms with Gasteiger partial charge in [-0.05, 0) is 37.3 Å². The number of nitrogens with zero attached hydrogens (tertiary/aromatic N) is 2. The number of hydrogen-bond acceptors (Lipinski definition) is 7. The maximum absolute atomic E-state index is 14.6. The summed E-state index contributed by atoms with van der Waals surface area (Å²) in [4.78, 5) is 58.7. The van der Waals surface area contributed by atoms with E-state index in [4.69, 9.17) is 9.47 Å². The van der Waals surface area contributed by atoms with Gasteiger partial charge in [-0.15, -0.1) is 13.2 Å². The van der Waals surface area contributed by atoms with Gasteiger partial charge in [-0.3, -0.25) is 19.2 Å². The molecule has 3 amide bonds. The zero-order valence-corrected chi connectivity index (χ0v) is 28.8.